The third-order valence-corrected chi connectivity index (χ3v) is 6.19. The van der Waals surface area contributed by atoms with Gasteiger partial charge in [0, 0.05) is 18.7 Å². The topological polar surface area (TPSA) is 88.4 Å². The molecule has 0 aromatic carbocycles. The lowest BCUT2D eigenvalue weighted by atomic mass is 9.93. The van der Waals surface area contributed by atoms with E-state index in [4.69, 9.17) is 4.74 Å². The van der Waals surface area contributed by atoms with Crippen LogP contribution < -0.4 is 15.2 Å². The monoisotopic (exact) mass is 416 g/mol. The number of amides is 2. The average Bonchev–Trinajstić information content (AvgIpc) is 3.03. The predicted octanol–water partition coefficient (Wildman–Crippen LogP) is 2.40. The second-order valence-corrected chi connectivity index (χ2v) is 8.00. The third-order valence-electron chi connectivity index (χ3n) is 4.98. The molecule has 2 amide bonds. The number of ether oxygens (including phenoxy) is 1. The van der Waals surface area contributed by atoms with Crippen LogP contribution in [0, 0.1) is 6.92 Å². The smallest absolute Gasteiger partial charge is 0.341 e. The van der Waals surface area contributed by atoms with Crippen LogP contribution in [-0.2, 0) is 28.9 Å². The van der Waals surface area contributed by atoms with Gasteiger partial charge in [0.05, 0.1) is 17.0 Å². The summed E-state index contributed by atoms with van der Waals surface area (Å²) in [5, 5.41) is 5.69. The number of hydrogen-bond acceptors (Lipinski definition) is 5. The Bertz CT molecular complexity index is 952. The number of aromatic nitrogens is 1. The first-order chi connectivity index (χ1) is 13.9. The standard InChI is InChI=1S/C21H25N3O4S/c1-4-28-21(27)17-13(2)18(19(26)22-3)29-20(17)23-16(25)12-24-10-9-14-7-5-6-8-15(14)11-24/h9-11H,4-8,12H2,1-3H3,(H-,22,23,25,26,27)/p+1. The second-order valence-electron chi connectivity index (χ2n) is 6.98. The molecule has 2 aromatic heterocycles. The minimum Gasteiger partial charge on any atom is -0.462 e. The molecule has 2 heterocycles. The van der Waals surface area contributed by atoms with Gasteiger partial charge in [0.2, 0.25) is 6.54 Å². The molecule has 2 aromatic rings. The van der Waals surface area contributed by atoms with Gasteiger partial charge in [-0.3, -0.25) is 9.59 Å². The number of pyridine rings is 1. The Labute approximate surface area is 174 Å². The summed E-state index contributed by atoms with van der Waals surface area (Å²) in [6.45, 7) is 3.73. The Morgan fingerprint density at radius 1 is 1.21 bits per heavy atom. The first-order valence-corrected chi connectivity index (χ1v) is 10.6. The van der Waals surface area contributed by atoms with Gasteiger partial charge < -0.3 is 15.4 Å². The number of carbonyl (C=O) groups is 3. The summed E-state index contributed by atoms with van der Waals surface area (Å²) >= 11 is 1.08. The van der Waals surface area contributed by atoms with E-state index in [2.05, 4.69) is 16.7 Å². The SMILES string of the molecule is CCOC(=O)c1c(NC(=O)C[n+]2ccc3c(c2)CCCC3)sc(C(=O)NC)c1C. The Balaban J connectivity index is 1.82. The second kappa shape index (κ2) is 9.17. The van der Waals surface area contributed by atoms with Crippen molar-refractivity contribution in [2.45, 2.75) is 46.1 Å². The molecule has 0 saturated carbocycles. The minimum atomic E-state index is -0.548. The molecule has 0 spiro atoms. The summed E-state index contributed by atoms with van der Waals surface area (Å²) < 4.78 is 6.97. The Morgan fingerprint density at radius 3 is 2.62 bits per heavy atom. The Hall–Kier alpha value is -2.74. The van der Waals surface area contributed by atoms with E-state index in [1.165, 1.54) is 31.0 Å². The summed E-state index contributed by atoms with van der Waals surface area (Å²) in [4.78, 5) is 37.6. The van der Waals surface area contributed by atoms with Crippen LogP contribution in [0.2, 0.25) is 0 Å². The number of rotatable bonds is 6. The van der Waals surface area contributed by atoms with Gasteiger partial charge in [0.25, 0.3) is 11.8 Å². The van der Waals surface area contributed by atoms with Gasteiger partial charge in [-0.05, 0) is 50.7 Å². The van der Waals surface area contributed by atoms with E-state index < -0.39 is 5.97 Å². The van der Waals surface area contributed by atoms with Gasteiger partial charge in [-0.25, -0.2) is 4.79 Å². The lowest BCUT2D eigenvalue weighted by molar-refractivity contribution is -0.684. The van der Waals surface area contributed by atoms with Crippen molar-refractivity contribution in [1.82, 2.24) is 5.32 Å². The molecule has 0 radical (unpaired) electrons. The van der Waals surface area contributed by atoms with Crippen LogP contribution in [0.5, 0.6) is 0 Å². The van der Waals surface area contributed by atoms with E-state index in [1.807, 2.05) is 17.0 Å². The lowest BCUT2D eigenvalue weighted by Crippen LogP contribution is -2.40. The number of aryl methyl sites for hydroxylation is 2. The maximum atomic E-state index is 12.7. The first kappa shape index (κ1) is 21.0. The van der Waals surface area contributed by atoms with Crippen LogP contribution in [0.3, 0.4) is 0 Å². The van der Waals surface area contributed by atoms with E-state index >= 15 is 0 Å². The van der Waals surface area contributed by atoms with Gasteiger partial charge in [-0.2, -0.15) is 4.57 Å². The summed E-state index contributed by atoms with van der Waals surface area (Å²) in [5.41, 5.74) is 3.37. The molecule has 0 unspecified atom stereocenters. The van der Waals surface area contributed by atoms with Crippen LogP contribution >= 0.6 is 11.3 Å². The highest BCUT2D eigenvalue weighted by molar-refractivity contribution is 7.18. The molecule has 0 saturated heterocycles. The molecule has 0 aliphatic heterocycles. The molecule has 2 N–H and O–H groups in total. The molecular weight excluding hydrogens is 390 g/mol. The number of anilines is 1. The number of nitrogens with one attached hydrogen (secondary N) is 2. The molecule has 8 heteroatoms. The van der Waals surface area contributed by atoms with E-state index in [1.54, 1.807) is 13.8 Å². The molecule has 1 aliphatic rings. The average molecular weight is 417 g/mol. The van der Waals surface area contributed by atoms with Crippen molar-refractivity contribution >= 4 is 34.1 Å². The van der Waals surface area contributed by atoms with Crippen LogP contribution in [0.1, 0.15) is 56.5 Å². The summed E-state index contributed by atoms with van der Waals surface area (Å²) in [5.74, 6) is -1.11. The number of carbonyl (C=O) groups excluding carboxylic acids is 3. The van der Waals surface area contributed by atoms with Gasteiger partial charge in [-0.1, -0.05) is 0 Å². The van der Waals surface area contributed by atoms with Gasteiger partial charge >= 0.3 is 5.97 Å². The van der Waals surface area contributed by atoms with E-state index in [0.29, 0.717) is 15.4 Å². The maximum Gasteiger partial charge on any atom is 0.341 e. The molecule has 1 aliphatic carbocycles. The van der Waals surface area contributed by atoms with Crippen LogP contribution in [-0.4, -0.2) is 31.4 Å². The van der Waals surface area contributed by atoms with Crippen molar-refractivity contribution in [3.05, 3.63) is 45.6 Å². The van der Waals surface area contributed by atoms with Gasteiger partial charge in [0.1, 0.15) is 5.00 Å². The summed E-state index contributed by atoms with van der Waals surface area (Å²) in [7, 11) is 1.52. The summed E-state index contributed by atoms with van der Waals surface area (Å²) in [6.07, 6.45) is 8.43. The first-order valence-electron chi connectivity index (χ1n) is 9.77. The predicted molar refractivity (Wildman–Crippen MR) is 110 cm³/mol. The highest BCUT2D eigenvalue weighted by Gasteiger charge is 2.27. The molecule has 154 valence electrons. The highest BCUT2D eigenvalue weighted by atomic mass is 32.1. The number of esters is 1. The van der Waals surface area contributed by atoms with Crippen LogP contribution in [0.15, 0.2) is 18.5 Å². The molecular formula is C21H26N3O4S+. The van der Waals surface area contributed by atoms with Gasteiger partial charge in [0.15, 0.2) is 12.4 Å². The fourth-order valence-corrected chi connectivity index (χ4v) is 4.69. The zero-order valence-corrected chi connectivity index (χ0v) is 17.8. The molecule has 29 heavy (non-hydrogen) atoms. The fraction of sp³-hybridized carbons (Fsp3) is 0.429. The van der Waals surface area contributed by atoms with E-state index in [-0.39, 0.29) is 30.5 Å². The normalized spacial score (nSPS) is 12.8. The van der Waals surface area contributed by atoms with Crippen molar-refractivity contribution in [2.75, 3.05) is 19.0 Å². The minimum absolute atomic E-state index is 0.127. The Kier molecular flexibility index (Phi) is 6.64. The molecule has 0 bridgehead atoms. The van der Waals surface area contributed by atoms with E-state index in [9.17, 15) is 14.4 Å². The third kappa shape index (κ3) is 4.64. The number of thiophene rings is 1. The van der Waals surface area contributed by atoms with Crippen LogP contribution in [0.4, 0.5) is 5.00 Å². The zero-order valence-electron chi connectivity index (χ0n) is 17.0. The molecule has 0 atom stereocenters. The zero-order chi connectivity index (χ0) is 21.0. The van der Waals surface area contributed by atoms with Crippen LogP contribution in [0.25, 0.3) is 0 Å². The van der Waals surface area contributed by atoms with Crippen molar-refractivity contribution in [2.24, 2.45) is 0 Å². The number of fused-ring (bicyclic) bond motifs is 1. The number of nitrogens with zero attached hydrogens (tertiary/aromatic N) is 1. The van der Waals surface area contributed by atoms with E-state index in [0.717, 1.165) is 24.2 Å². The van der Waals surface area contributed by atoms with Crippen molar-refractivity contribution in [3.63, 3.8) is 0 Å². The molecule has 7 nitrogen and oxygen atoms in total. The fourth-order valence-electron chi connectivity index (χ4n) is 3.53. The Morgan fingerprint density at radius 2 is 1.93 bits per heavy atom. The summed E-state index contributed by atoms with van der Waals surface area (Å²) in [6, 6.07) is 2.07. The largest absolute Gasteiger partial charge is 0.462 e. The molecule has 3 rings (SSSR count). The highest BCUT2D eigenvalue weighted by Crippen LogP contribution is 2.33. The van der Waals surface area contributed by atoms with Crippen molar-refractivity contribution < 1.29 is 23.7 Å². The maximum absolute atomic E-state index is 12.7. The van der Waals surface area contributed by atoms with Gasteiger partial charge in [-0.15, -0.1) is 11.3 Å². The molecule has 0 fully saturated rings. The quantitative estimate of drug-likeness (QED) is 0.559. The lowest BCUT2D eigenvalue weighted by Gasteiger charge is -2.13. The number of hydrogen-bond donors (Lipinski definition) is 2. The van der Waals surface area contributed by atoms with Crippen molar-refractivity contribution in [3.8, 4) is 0 Å². The van der Waals surface area contributed by atoms with Crippen molar-refractivity contribution in [1.29, 1.82) is 0 Å².